The maximum Gasteiger partial charge on any atom is 0.236 e. The Morgan fingerprint density at radius 1 is 1.39 bits per heavy atom. The quantitative estimate of drug-likeness (QED) is 0.747. The minimum absolute atomic E-state index is 0.223. The highest BCUT2D eigenvalue weighted by atomic mass is 35.5. The van der Waals surface area contributed by atoms with Crippen molar-refractivity contribution in [2.24, 2.45) is 0 Å². The van der Waals surface area contributed by atoms with Gasteiger partial charge in [0.25, 0.3) is 0 Å². The summed E-state index contributed by atoms with van der Waals surface area (Å²) in [5, 5.41) is 0.491. The molecule has 0 aromatic carbocycles. The molecule has 1 aromatic rings. The van der Waals surface area contributed by atoms with E-state index in [1.165, 1.54) is 0 Å². The lowest BCUT2D eigenvalue weighted by atomic mass is 10.2. The molecule has 0 spiro atoms. The third-order valence-corrected chi connectivity index (χ3v) is 4.71. The minimum atomic E-state index is 0.223. The summed E-state index contributed by atoms with van der Waals surface area (Å²) in [6.07, 6.45) is 6.38. The van der Waals surface area contributed by atoms with E-state index < -0.39 is 0 Å². The summed E-state index contributed by atoms with van der Waals surface area (Å²) in [5.41, 5.74) is 1.08. The van der Waals surface area contributed by atoms with E-state index in [1.54, 1.807) is 6.20 Å². The lowest BCUT2D eigenvalue weighted by Gasteiger charge is -2.27. The van der Waals surface area contributed by atoms with Crippen LogP contribution in [0, 0.1) is 0 Å². The Labute approximate surface area is 142 Å². The fourth-order valence-electron chi connectivity index (χ4n) is 3.32. The third kappa shape index (κ3) is 4.90. The Hall–Kier alpha value is -1.17. The van der Waals surface area contributed by atoms with Crippen LogP contribution in [0.2, 0.25) is 5.15 Å². The van der Waals surface area contributed by atoms with Crippen LogP contribution in [0.4, 0.5) is 0 Å². The van der Waals surface area contributed by atoms with Crippen molar-refractivity contribution >= 4 is 17.5 Å². The van der Waals surface area contributed by atoms with Crippen LogP contribution >= 0.6 is 11.6 Å². The summed E-state index contributed by atoms with van der Waals surface area (Å²) < 4.78 is 5.75. The van der Waals surface area contributed by atoms with Gasteiger partial charge in [0.1, 0.15) is 5.15 Å². The number of halogens is 1. The number of aromatic nitrogens is 1. The molecule has 1 amide bonds. The Morgan fingerprint density at radius 3 is 2.91 bits per heavy atom. The number of pyridine rings is 1. The molecule has 126 valence electrons. The first-order valence-electron chi connectivity index (χ1n) is 8.43. The van der Waals surface area contributed by atoms with Gasteiger partial charge in [0.05, 0.1) is 12.6 Å². The highest BCUT2D eigenvalue weighted by Gasteiger charge is 2.24. The predicted octanol–water partition coefficient (Wildman–Crippen LogP) is 2.34. The van der Waals surface area contributed by atoms with Gasteiger partial charge in [0.15, 0.2) is 0 Å². The number of hydrogen-bond acceptors (Lipinski definition) is 4. The molecule has 2 saturated heterocycles. The van der Waals surface area contributed by atoms with Gasteiger partial charge in [0.2, 0.25) is 5.91 Å². The van der Waals surface area contributed by atoms with Gasteiger partial charge in [-0.1, -0.05) is 11.6 Å². The van der Waals surface area contributed by atoms with Crippen LogP contribution in [0.1, 0.15) is 31.2 Å². The molecule has 1 atom stereocenters. The Kier molecular flexibility index (Phi) is 5.86. The van der Waals surface area contributed by atoms with Gasteiger partial charge in [-0.3, -0.25) is 9.69 Å². The van der Waals surface area contributed by atoms with Crippen LogP contribution in [0.5, 0.6) is 0 Å². The maximum atomic E-state index is 12.5. The second-order valence-electron chi connectivity index (χ2n) is 6.38. The van der Waals surface area contributed by atoms with Crippen molar-refractivity contribution in [3.05, 3.63) is 29.0 Å². The zero-order valence-corrected chi connectivity index (χ0v) is 14.2. The highest BCUT2D eigenvalue weighted by Crippen LogP contribution is 2.17. The van der Waals surface area contributed by atoms with Crippen molar-refractivity contribution in [1.29, 1.82) is 0 Å². The number of rotatable bonds is 6. The number of ether oxygens (including phenoxy) is 1. The molecule has 3 rings (SSSR count). The van der Waals surface area contributed by atoms with E-state index in [4.69, 9.17) is 16.3 Å². The van der Waals surface area contributed by atoms with E-state index in [2.05, 4.69) is 9.88 Å². The van der Waals surface area contributed by atoms with Gasteiger partial charge in [-0.25, -0.2) is 4.98 Å². The molecule has 5 nitrogen and oxygen atoms in total. The van der Waals surface area contributed by atoms with Gasteiger partial charge < -0.3 is 9.64 Å². The van der Waals surface area contributed by atoms with E-state index in [9.17, 15) is 4.79 Å². The smallest absolute Gasteiger partial charge is 0.236 e. The fraction of sp³-hybridized carbons (Fsp3) is 0.647. The predicted molar refractivity (Wildman–Crippen MR) is 89.3 cm³/mol. The summed E-state index contributed by atoms with van der Waals surface area (Å²) in [6.45, 7) is 4.56. The van der Waals surface area contributed by atoms with Crippen molar-refractivity contribution < 1.29 is 9.53 Å². The van der Waals surface area contributed by atoms with Crippen molar-refractivity contribution in [2.75, 3.05) is 32.8 Å². The lowest BCUT2D eigenvalue weighted by Crippen LogP contribution is -2.41. The number of hydrogen-bond donors (Lipinski definition) is 0. The molecule has 0 radical (unpaired) electrons. The fourth-order valence-corrected chi connectivity index (χ4v) is 3.51. The molecule has 0 bridgehead atoms. The molecular formula is C17H24ClN3O2. The second kappa shape index (κ2) is 8.08. The van der Waals surface area contributed by atoms with Gasteiger partial charge in [-0.2, -0.15) is 0 Å². The van der Waals surface area contributed by atoms with Gasteiger partial charge in [0, 0.05) is 39.0 Å². The highest BCUT2D eigenvalue weighted by molar-refractivity contribution is 6.29. The monoisotopic (exact) mass is 337 g/mol. The van der Waals surface area contributed by atoms with E-state index >= 15 is 0 Å². The lowest BCUT2D eigenvalue weighted by molar-refractivity contribution is -0.131. The first kappa shape index (κ1) is 16.7. The number of amides is 1. The van der Waals surface area contributed by atoms with E-state index in [-0.39, 0.29) is 12.0 Å². The molecule has 0 aliphatic carbocycles. The molecule has 6 heteroatoms. The maximum absolute atomic E-state index is 12.5. The zero-order valence-electron chi connectivity index (χ0n) is 13.4. The Morgan fingerprint density at radius 2 is 2.22 bits per heavy atom. The van der Waals surface area contributed by atoms with E-state index in [1.807, 2.05) is 17.0 Å². The van der Waals surface area contributed by atoms with E-state index in [0.29, 0.717) is 18.2 Å². The van der Waals surface area contributed by atoms with Crippen molar-refractivity contribution in [3.8, 4) is 0 Å². The van der Waals surface area contributed by atoms with E-state index in [0.717, 1.165) is 57.5 Å². The normalized spacial score (nSPS) is 21.3. The molecule has 1 unspecified atom stereocenters. The largest absolute Gasteiger partial charge is 0.377 e. The van der Waals surface area contributed by atoms with Crippen molar-refractivity contribution in [2.45, 2.75) is 38.3 Å². The van der Waals surface area contributed by atoms with Gasteiger partial charge in [-0.15, -0.1) is 0 Å². The Bertz CT molecular complexity index is 528. The summed E-state index contributed by atoms with van der Waals surface area (Å²) in [5.74, 6) is 0.223. The van der Waals surface area contributed by atoms with Crippen LogP contribution in [-0.2, 0) is 16.1 Å². The number of nitrogens with zero attached hydrogens (tertiary/aromatic N) is 3. The molecule has 2 aliphatic rings. The van der Waals surface area contributed by atoms with Gasteiger partial charge in [-0.05, 0) is 43.4 Å². The summed E-state index contributed by atoms with van der Waals surface area (Å²) in [4.78, 5) is 20.7. The topological polar surface area (TPSA) is 45.7 Å². The molecule has 23 heavy (non-hydrogen) atoms. The number of carbonyl (C=O) groups is 1. The summed E-state index contributed by atoms with van der Waals surface area (Å²) >= 11 is 5.98. The number of carbonyl (C=O) groups excluding carboxylic acids is 1. The molecular weight excluding hydrogens is 314 g/mol. The second-order valence-corrected chi connectivity index (χ2v) is 6.77. The average molecular weight is 338 g/mol. The molecule has 1 aromatic heterocycles. The van der Waals surface area contributed by atoms with Gasteiger partial charge >= 0.3 is 0 Å². The molecule has 2 fully saturated rings. The molecule has 2 aliphatic heterocycles. The van der Waals surface area contributed by atoms with Crippen LogP contribution in [-0.4, -0.2) is 59.6 Å². The average Bonchev–Trinajstić information content (AvgIpc) is 3.20. The Balaban J connectivity index is 1.63. The minimum Gasteiger partial charge on any atom is -0.377 e. The SMILES string of the molecule is O=C(CN(Cc1ccnc(Cl)c1)CC1CCCO1)N1CCCC1. The first-order valence-corrected chi connectivity index (χ1v) is 8.80. The standard InChI is InChI=1S/C17H24ClN3O2/c18-16-10-14(5-6-19-16)11-20(12-15-4-3-9-23-15)13-17(22)21-7-1-2-8-21/h5-6,10,15H,1-4,7-9,11-13H2. The zero-order chi connectivity index (χ0) is 16.1. The van der Waals surface area contributed by atoms with Crippen LogP contribution in [0.3, 0.4) is 0 Å². The number of likely N-dealkylation sites (tertiary alicyclic amines) is 1. The molecule has 3 heterocycles. The van der Waals surface area contributed by atoms with Crippen LogP contribution in [0.25, 0.3) is 0 Å². The first-order chi connectivity index (χ1) is 11.2. The summed E-state index contributed by atoms with van der Waals surface area (Å²) in [6, 6.07) is 3.82. The summed E-state index contributed by atoms with van der Waals surface area (Å²) in [7, 11) is 0. The van der Waals surface area contributed by atoms with Crippen molar-refractivity contribution in [1.82, 2.24) is 14.8 Å². The van der Waals surface area contributed by atoms with Crippen molar-refractivity contribution in [3.63, 3.8) is 0 Å². The van der Waals surface area contributed by atoms with Crippen LogP contribution < -0.4 is 0 Å². The third-order valence-electron chi connectivity index (χ3n) is 4.50. The van der Waals surface area contributed by atoms with Crippen LogP contribution in [0.15, 0.2) is 18.3 Å². The molecule has 0 N–H and O–H groups in total. The molecule has 0 saturated carbocycles.